The maximum atomic E-state index is 6.00. The first-order valence-electron chi connectivity index (χ1n) is 5.21. The largest absolute Gasteiger partial charge is 0.385 e. The van der Waals surface area contributed by atoms with Gasteiger partial charge in [-0.3, -0.25) is 0 Å². The molecule has 0 aliphatic rings. The minimum Gasteiger partial charge on any atom is -0.385 e. The normalized spacial score (nSPS) is 12.7. The zero-order valence-corrected chi connectivity index (χ0v) is 9.83. The molecule has 0 fully saturated rings. The van der Waals surface area contributed by atoms with Crippen LogP contribution >= 0.6 is 11.6 Å². The second-order valence-electron chi connectivity index (χ2n) is 3.73. The molecule has 1 rings (SSSR count). The summed E-state index contributed by atoms with van der Waals surface area (Å²) in [5.74, 6) is 0. The van der Waals surface area contributed by atoms with Crippen LogP contribution in [0.2, 0.25) is 5.02 Å². The highest BCUT2D eigenvalue weighted by molar-refractivity contribution is 6.30. The van der Waals surface area contributed by atoms with Crippen LogP contribution in [-0.2, 0) is 11.2 Å². The molecule has 1 aromatic carbocycles. The lowest BCUT2D eigenvalue weighted by molar-refractivity contribution is 0.190. The summed E-state index contributed by atoms with van der Waals surface area (Å²) < 4.78 is 4.99. The molecule has 0 aromatic heterocycles. The van der Waals surface area contributed by atoms with Gasteiger partial charge in [-0.15, -0.1) is 0 Å². The van der Waals surface area contributed by atoms with Gasteiger partial charge in [-0.2, -0.15) is 0 Å². The van der Waals surface area contributed by atoms with Crippen molar-refractivity contribution in [3.8, 4) is 0 Å². The van der Waals surface area contributed by atoms with Crippen molar-refractivity contribution >= 4 is 11.6 Å². The van der Waals surface area contributed by atoms with E-state index in [1.165, 1.54) is 5.56 Å². The van der Waals surface area contributed by atoms with Gasteiger partial charge in [0.1, 0.15) is 0 Å². The van der Waals surface area contributed by atoms with Crippen LogP contribution in [0.15, 0.2) is 24.3 Å². The minimum atomic E-state index is 0.210. The van der Waals surface area contributed by atoms with Crippen LogP contribution in [0.1, 0.15) is 18.4 Å². The molecule has 1 aromatic rings. The monoisotopic (exact) mass is 227 g/mol. The van der Waals surface area contributed by atoms with Crippen LogP contribution in [0.4, 0.5) is 0 Å². The summed E-state index contributed by atoms with van der Waals surface area (Å²) in [6.45, 7) is 0.786. The molecule has 84 valence electrons. The summed E-state index contributed by atoms with van der Waals surface area (Å²) in [5.41, 5.74) is 7.24. The smallest absolute Gasteiger partial charge is 0.0462 e. The van der Waals surface area contributed by atoms with Crippen molar-refractivity contribution in [2.45, 2.75) is 25.3 Å². The molecule has 2 N–H and O–H groups in total. The van der Waals surface area contributed by atoms with Crippen LogP contribution in [0.5, 0.6) is 0 Å². The zero-order valence-electron chi connectivity index (χ0n) is 9.08. The van der Waals surface area contributed by atoms with Crippen LogP contribution in [0, 0.1) is 0 Å². The van der Waals surface area contributed by atoms with Gasteiger partial charge in [-0.1, -0.05) is 23.7 Å². The van der Waals surface area contributed by atoms with E-state index in [0.29, 0.717) is 0 Å². The highest BCUT2D eigenvalue weighted by Crippen LogP contribution is 2.11. The van der Waals surface area contributed by atoms with Crippen molar-refractivity contribution in [3.63, 3.8) is 0 Å². The molecule has 0 heterocycles. The molecule has 15 heavy (non-hydrogen) atoms. The van der Waals surface area contributed by atoms with E-state index in [1.54, 1.807) is 7.11 Å². The predicted octanol–water partition coefficient (Wildman–Crippen LogP) is 2.64. The van der Waals surface area contributed by atoms with Crippen molar-refractivity contribution in [2.24, 2.45) is 5.73 Å². The predicted molar refractivity (Wildman–Crippen MR) is 64.2 cm³/mol. The van der Waals surface area contributed by atoms with E-state index >= 15 is 0 Å². The average molecular weight is 228 g/mol. The van der Waals surface area contributed by atoms with Gasteiger partial charge in [0, 0.05) is 24.8 Å². The Hall–Kier alpha value is -0.570. The Morgan fingerprint density at radius 3 is 2.60 bits per heavy atom. The van der Waals surface area contributed by atoms with Crippen LogP contribution < -0.4 is 5.73 Å². The Morgan fingerprint density at radius 1 is 1.33 bits per heavy atom. The Morgan fingerprint density at radius 2 is 2.00 bits per heavy atom. The number of nitrogens with two attached hydrogens (primary N) is 1. The summed E-state index contributed by atoms with van der Waals surface area (Å²) in [6.07, 6.45) is 2.92. The van der Waals surface area contributed by atoms with E-state index < -0.39 is 0 Å². The maximum absolute atomic E-state index is 6.00. The summed E-state index contributed by atoms with van der Waals surface area (Å²) in [5, 5.41) is 0.770. The Balaban J connectivity index is 2.31. The van der Waals surface area contributed by atoms with Gasteiger partial charge in [0.05, 0.1) is 0 Å². The molecule has 0 aliphatic heterocycles. The third kappa shape index (κ3) is 5.17. The number of rotatable bonds is 6. The summed E-state index contributed by atoms with van der Waals surface area (Å²) in [6, 6.07) is 8.07. The van der Waals surface area contributed by atoms with Crippen molar-refractivity contribution in [1.82, 2.24) is 0 Å². The van der Waals surface area contributed by atoms with E-state index in [4.69, 9.17) is 22.1 Å². The molecule has 2 nitrogen and oxygen atoms in total. The standard InChI is InChI=1S/C12H18ClNO/c1-15-8-2-3-12(14)9-10-4-6-11(13)7-5-10/h4-7,12H,2-3,8-9,14H2,1H3. The first kappa shape index (κ1) is 12.5. The fourth-order valence-electron chi connectivity index (χ4n) is 1.52. The summed E-state index contributed by atoms with van der Waals surface area (Å²) >= 11 is 5.80. The summed E-state index contributed by atoms with van der Waals surface area (Å²) in [7, 11) is 1.71. The molecule has 3 heteroatoms. The second-order valence-corrected chi connectivity index (χ2v) is 4.16. The minimum absolute atomic E-state index is 0.210. The van der Waals surface area contributed by atoms with Gasteiger partial charge in [0.25, 0.3) is 0 Å². The molecular formula is C12H18ClNO. The molecule has 1 unspecified atom stereocenters. The Kier molecular flexibility index (Phi) is 5.69. The number of benzene rings is 1. The van der Waals surface area contributed by atoms with Crippen molar-refractivity contribution in [2.75, 3.05) is 13.7 Å². The van der Waals surface area contributed by atoms with Gasteiger partial charge >= 0.3 is 0 Å². The van der Waals surface area contributed by atoms with Gasteiger partial charge in [-0.25, -0.2) is 0 Å². The van der Waals surface area contributed by atoms with Gasteiger partial charge in [0.15, 0.2) is 0 Å². The summed E-state index contributed by atoms with van der Waals surface area (Å²) in [4.78, 5) is 0. The maximum Gasteiger partial charge on any atom is 0.0462 e. The third-order valence-electron chi connectivity index (χ3n) is 2.33. The molecular weight excluding hydrogens is 210 g/mol. The molecule has 0 saturated heterocycles. The molecule has 0 bridgehead atoms. The van der Waals surface area contributed by atoms with Crippen molar-refractivity contribution in [1.29, 1.82) is 0 Å². The van der Waals surface area contributed by atoms with E-state index in [2.05, 4.69) is 0 Å². The lowest BCUT2D eigenvalue weighted by Crippen LogP contribution is -2.23. The Bertz CT molecular complexity index is 273. The van der Waals surface area contributed by atoms with E-state index in [0.717, 1.165) is 30.9 Å². The molecule has 0 amide bonds. The molecule has 0 saturated carbocycles. The van der Waals surface area contributed by atoms with Gasteiger partial charge < -0.3 is 10.5 Å². The first-order chi connectivity index (χ1) is 7.22. The molecule has 0 radical (unpaired) electrons. The van der Waals surface area contributed by atoms with E-state index in [1.807, 2.05) is 24.3 Å². The second kappa shape index (κ2) is 6.83. The third-order valence-corrected chi connectivity index (χ3v) is 2.59. The van der Waals surface area contributed by atoms with Gasteiger partial charge in [0.2, 0.25) is 0 Å². The van der Waals surface area contributed by atoms with Gasteiger partial charge in [-0.05, 0) is 37.0 Å². The topological polar surface area (TPSA) is 35.2 Å². The van der Waals surface area contributed by atoms with E-state index in [9.17, 15) is 0 Å². The quantitative estimate of drug-likeness (QED) is 0.759. The highest BCUT2D eigenvalue weighted by Gasteiger charge is 2.03. The average Bonchev–Trinajstić information content (AvgIpc) is 2.22. The van der Waals surface area contributed by atoms with Crippen LogP contribution in [0.25, 0.3) is 0 Å². The lowest BCUT2D eigenvalue weighted by atomic mass is 10.0. The lowest BCUT2D eigenvalue weighted by Gasteiger charge is -2.11. The number of ether oxygens (including phenoxy) is 1. The molecule has 0 spiro atoms. The number of hydrogen-bond acceptors (Lipinski definition) is 2. The molecule has 0 aliphatic carbocycles. The van der Waals surface area contributed by atoms with Crippen molar-refractivity contribution in [3.05, 3.63) is 34.9 Å². The van der Waals surface area contributed by atoms with Crippen LogP contribution in [0.3, 0.4) is 0 Å². The van der Waals surface area contributed by atoms with Crippen LogP contribution in [-0.4, -0.2) is 19.8 Å². The highest BCUT2D eigenvalue weighted by atomic mass is 35.5. The first-order valence-corrected chi connectivity index (χ1v) is 5.59. The SMILES string of the molecule is COCCCC(N)Cc1ccc(Cl)cc1. The fraction of sp³-hybridized carbons (Fsp3) is 0.500. The van der Waals surface area contributed by atoms with E-state index in [-0.39, 0.29) is 6.04 Å². The zero-order chi connectivity index (χ0) is 11.1. The Labute approximate surface area is 96.4 Å². The molecule has 1 atom stereocenters. The number of hydrogen-bond donors (Lipinski definition) is 1. The fourth-order valence-corrected chi connectivity index (χ4v) is 1.64. The van der Waals surface area contributed by atoms with Crippen molar-refractivity contribution < 1.29 is 4.74 Å². The number of methoxy groups -OCH3 is 1. The number of halogens is 1.